The van der Waals surface area contributed by atoms with Crippen LogP contribution in [0, 0.1) is 17.0 Å². The number of aryl methyl sites for hydroxylation is 1. The lowest BCUT2D eigenvalue weighted by molar-refractivity contribution is -0.384. The molecule has 1 aliphatic rings. The second-order valence-corrected chi connectivity index (χ2v) is 9.56. The van der Waals surface area contributed by atoms with Crippen LogP contribution in [0.5, 0.6) is 11.5 Å². The summed E-state index contributed by atoms with van der Waals surface area (Å²) < 4.78 is 11.8. The van der Waals surface area contributed by atoms with Gasteiger partial charge < -0.3 is 14.8 Å². The van der Waals surface area contributed by atoms with Crippen LogP contribution in [-0.4, -0.2) is 41.9 Å². The highest BCUT2D eigenvalue weighted by Crippen LogP contribution is 2.38. The molecule has 1 heterocycles. The van der Waals surface area contributed by atoms with Gasteiger partial charge in [0, 0.05) is 17.8 Å². The molecule has 0 bridgehead atoms. The minimum Gasteiger partial charge on any atom is -0.490 e. The van der Waals surface area contributed by atoms with E-state index in [1.807, 2.05) is 19.1 Å². The standard InChI is InChI=1S/C28H23BrN4O8/c1-3-40-23-13-17(12-22(29)25(23)41-15-24(34)30-18-9-7-16(2)8-10-18)11-21-26(35)31-28(37)32(27(21)36)19-5-4-6-20(14-19)33(38)39/h4-14H,3,15H2,1-2H3,(H,30,34)(H,31,35,37)/b21-11+. The number of anilines is 2. The number of non-ortho nitro benzene ring substituents is 1. The first kappa shape index (κ1) is 29.0. The van der Waals surface area contributed by atoms with Crippen LogP contribution >= 0.6 is 15.9 Å². The molecular formula is C28H23BrN4O8. The van der Waals surface area contributed by atoms with Crippen molar-refractivity contribution in [2.75, 3.05) is 23.4 Å². The Hall–Kier alpha value is -5.04. The van der Waals surface area contributed by atoms with E-state index in [4.69, 9.17) is 9.47 Å². The van der Waals surface area contributed by atoms with E-state index in [1.54, 1.807) is 19.1 Å². The average Bonchev–Trinajstić information content (AvgIpc) is 2.92. The Morgan fingerprint density at radius 1 is 1.10 bits per heavy atom. The summed E-state index contributed by atoms with van der Waals surface area (Å²) in [5, 5.41) is 16.0. The number of nitrogens with one attached hydrogen (secondary N) is 2. The third kappa shape index (κ3) is 6.76. The molecule has 1 saturated heterocycles. The second kappa shape index (κ2) is 12.4. The number of urea groups is 1. The number of nitrogens with zero attached hydrogens (tertiary/aromatic N) is 2. The van der Waals surface area contributed by atoms with Gasteiger partial charge in [0.25, 0.3) is 23.4 Å². The summed E-state index contributed by atoms with van der Waals surface area (Å²) in [6.07, 6.45) is 1.25. The van der Waals surface area contributed by atoms with Crippen molar-refractivity contribution in [2.24, 2.45) is 0 Å². The van der Waals surface area contributed by atoms with Crippen LogP contribution in [-0.2, 0) is 14.4 Å². The zero-order valence-electron chi connectivity index (χ0n) is 21.8. The van der Waals surface area contributed by atoms with E-state index in [-0.39, 0.29) is 36.1 Å². The summed E-state index contributed by atoms with van der Waals surface area (Å²) in [6, 6.07) is 14.2. The number of barbiturate groups is 1. The molecule has 3 aromatic carbocycles. The van der Waals surface area contributed by atoms with Crippen LogP contribution in [0.25, 0.3) is 6.08 Å². The number of ether oxygens (including phenoxy) is 2. The predicted molar refractivity (Wildman–Crippen MR) is 153 cm³/mol. The smallest absolute Gasteiger partial charge is 0.335 e. The lowest BCUT2D eigenvalue weighted by Crippen LogP contribution is -2.54. The fourth-order valence-corrected chi connectivity index (χ4v) is 4.42. The third-order valence-electron chi connectivity index (χ3n) is 5.73. The minimum absolute atomic E-state index is 0.0797. The molecule has 0 aromatic heterocycles. The molecule has 41 heavy (non-hydrogen) atoms. The van der Waals surface area contributed by atoms with E-state index >= 15 is 0 Å². The molecule has 0 spiro atoms. The molecule has 12 nitrogen and oxygen atoms in total. The second-order valence-electron chi connectivity index (χ2n) is 8.70. The highest BCUT2D eigenvalue weighted by molar-refractivity contribution is 9.10. The number of benzene rings is 3. The number of rotatable bonds is 9. The Morgan fingerprint density at radius 3 is 2.51 bits per heavy atom. The van der Waals surface area contributed by atoms with Crippen molar-refractivity contribution in [2.45, 2.75) is 13.8 Å². The van der Waals surface area contributed by atoms with Gasteiger partial charge in [0.2, 0.25) is 0 Å². The van der Waals surface area contributed by atoms with Crippen LogP contribution in [0.15, 0.2) is 70.7 Å². The lowest BCUT2D eigenvalue weighted by atomic mass is 10.1. The SMILES string of the molecule is CCOc1cc(/C=C2\C(=O)NC(=O)N(c3cccc([N+](=O)[O-])c3)C2=O)cc(Br)c1OCC(=O)Nc1ccc(C)cc1. The molecule has 13 heteroatoms. The van der Waals surface area contributed by atoms with E-state index < -0.39 is 34.2 Å². The maximum atomic E-state index is 13.2. The molecule has 0 aliphatic carbocycles. The highest BCUT2D eigenvalue weighted by Gasteiger charge is 2.37. The third-order valence-corrected chi connectivity index (χ3v) is 6.32. The number of hydrogen-bond donors (Lipinski definition) is 2. The molecule has 5 amide bonds. The summed E-state index contributed by atoms with van der Waals surface area (Å²) >= 11 is 3.39. The van der Waals surface area contributed by atoms with Gasteiger partial charge in [0.15, 0.2) is 18.1 Å². The number of nitro benzene ring substituents is 1. The van der Waals surface area contributed by atoms with Crippen LogP contribution in [0.2, 0.25) is 0 Å². The van der Waals surface area contributed by atoms with Gasteiger partial charge in [0.1, 0.15) is 5.57 Å². The van der Waals surface area contributed by atoms with Crippen LogP contribution in [0.3, 0.4) is 0 Å². The quantitative estimate of drug-likeness (QED) is 0.150. The van der Waals surface area contributed by atoms with E-state index in [9.17, 15) is 29.3 Å². The molecule has 0 unspecified atom stereocenters. The van der Waals surface area contributed by atoms with Crippen molar-refractivity contribution < 1.29 is 33.6 Å². The number of hydrogen-bond acceptors (Lipinski definition) is 8. The Morgan fingerprint density at radius 2 is 1.83 bits per heavy atom. The molecule has 1 aliphatic heterocycles. The molecule has 0 radical (unpaired) electrons. The van der Waals surface area contributed by atoms with E-state index in [1.165, 1.54) is 36.4 Å². The Labute approximate surface area is 242 Å². The van der Waals surface area contributed by atoms with E-state index in [0.29, 0.717) is 20.6 Å². The van der Waals surface area contributed by atoms with Crippen molar-refractivity contribution in [3.05, 3.63) is 92.0 Å². The summed E-state index contributed by atoms with van der Waals surface area (Å²) in [7, 11) is 0. The van der Waals surface area contributed by atoms with Gasteiger partial charge >= 0.3 is 6.03 Å². The van der Waals surface area contributed by atoms with Crippen molar-refractivity contribution in [1.29, 1.82) is 0 Å². The zero-order chi connectivity index (χ0) is 29.7. The normalized spacial score (nSPS) is 14.1. The largest absolute Gasteiger partial charge is 0.490 e. The molecule has 1 fully saturated rings. The van der Waals surface area contributed by atoms with Crippen molar-refractivity contribution in [3.63, 3.8) is 0 Å². The first-order valence-corrected chi connectivity index (χ1v) is 13.0. The topological polar surface area (TPSA) is 157 Å². The van der Waals surface area contributed by atoms with Crippen molar-refractivity contribution in [3.8, 4) is 11.5 Å². The first-order chi connectivity index (χ1) is 19.6. The molecule has 210 valence electrons. The summed E-state index contributed by atoms with van der Waals surface area (Å²) in [6.45, 7) is 3.60. The van der Waals surface area contributed by atoms with Gasteiger partial charge in [-0.25, -0.2) is 9.69 Å². The van der Waals surface area contributed by atoms with Crippen LogP contribution < -0.4 is 25.0 Å². The predicted octanol–water partition coefficient (Wildman–Crippen LogP) is 4.75. The fraction of sp³-hybridized carbons (Fsp3) is 0.143. The van der Waals surface area contributed by atoms with Crippen LogP contribution in [0.1, 0.15) is 18.1 Å². The molecule has 0 atom stereocenters. The van der Waals surface area contributed by atoms with Gasteiger partial charge in [0.05, 0.1) is 21.7 Å². The Kier molecular flexibility index (Phi) is 8.78. The molecule has 2 N–H and O–H groups in total. The molecular weight excluding hydrogens is 600 g/mol. The van der Waals surface area contributed by atoms with Crippen molar-refractivity contribution >= 4 is 62.8 Å². The van der Waals surface area contributed by atoms with E-state index in [2.05, 4.69) is 26.6 Å². The van der Waals surface area contributed by atoms with Gasteiger partial charge in [-0.05, 0) is 71.7 Å². The maximum absolute atomic E-state index is 13.2. The van der Waals surface area contributed by atoms with Crippen molar-refractivity contribution in [1.82, 2.24) is 5.32 Å². The minimum atomic E-state index is -1.04. The average molecular weight is 623 g/mol. The number of imide groups is 2. The fourth-order valence-electron chi connectivity index (χ4n) is 3.85. The van der Waals surface area contributed by atoms with E-state index in [0.717, 1.165) is 11.6 Å². The summed E-state index contributed by atoms with van der Waals surface area (Å²) in [4.78, 5) is 61.9. The number of amides is 5. The number of carbonyl (C=O) groups is 4. The molecule has 4 rings (SSSR count). The van der Waals surface area contributed by atoms with Gasteiger partial charge in [-0.2, -0.15) is 0 Å². The number of halogens is 1. The zero-order valence-corrected chi connectivity index (χ0v) is 23.4. The van der Waals surface area contributed by atoms with Crippen LogP contribution in [0.4, 0.5) is 21.9 Å². The Bertz CT molecular complexity index is 1590. The molecule has 0 saturated carbocycles. The van der Waals surface area contributed by atoms with Gasteiger partial charge in [-0.15, -0.1) is 0 Å². The number of carbonyl (C=O) groups excluding carboxylic acids is 4. The molecule has 3 aromatic rings. The maximum Gasteiger partial charge on any atom is 0.335 e. The monoisotopic (exact) mass is 622 g/mol. The van der Waals surface area contributed by atoms with Gasteiger partial charge in [-0.1, -0.05) is 23.8 Å². The summed E-state index contributed by atoms with van der Waals surface area (Å²) in [5.41, 5.74) is 1.20. The number of nitro groups is 1. The first-order valence-electron chi connectivity index (χ1n) is 12.2. The van der Waals surface area contributed by atoms with Gasteiger partial charge in [-0.3, -0.25) is 29.8 Å². The highest BCUT2D eigenvalue weighted by atomic mass is 79.9. The summed E-state index contributed by atoms with van der Waals surface area (Å²) in [5.74, 6) is -1.86. The Balaban J connectivity index is 1.59. The lowest BCUT2D eigenvalue weighted by Gasteiger charge is -2.26.